The number of likely N-dealkylation sites (N-methyl/N-ethyl adjacent to an activating group) is 1. The SMILES string of the molecule is CC(=O)OC(=C(C(=O)Nc1ccc2c3c1O[C@H]1CCC[C@H]4[C@@H](C2)[N+](C)(CC(C)C)CC[C@]314)C(F)(F)F)c1ccccc1. The van der Waals surface area contributed by atoms with Crippen LogP contribution in [0.1, 0.15) is 63.1 Å². The highest BCUT2D eigenvalue weighted by molar-refractivity contribution is 6.10. The van der Waals surface area contributed by atoms with Crippen LogP contribution in [0.3, 0.4) is 0 Å². The monoisotopic (exact) mass is 583 g/mol. The summed E-state index contributed by atoms with van der Waals surface area (Å²) < 4.78 is 56.1. The van der Waals surface area contributed by atoms with Crippen LogP contribution < -0.4 is 10.1 Å². The lowest BCUT2D eigenvalue weighted by Crippen LogP contribution is -2.71. The Kier molecular flexibility index (Phi) is 6.95. The summed E-state index contributed by atoms with van der Waals surface area (Å²) in [7, 11) is 2.38. The molecule has 2 heterocycles. The van der Waals surface area contributed by atoms with Crippen molar-refractivity contribution in [3.8, 4) is 5.75 Å². The molecule has 2 aromatic rings. The van der Waals surface area contributed by atoms with Gasteiger partial charge in [0, 0.05) is 42.7 Å². The lowest BCUT2D eigenvalue weighted by Gasteiger charge is -2.61. The molecule has 9 heteroatoms. The van der Waals surface area contributed by atoms with Crippen molar-refractivity contribution >= 4 is 23.3 Å². The van der Waals surface area contributed by atoms with Crippen LogP contribution in [-0.2, 0) is 26.2 Å². The van der Waals surface area contributed by atoms with Crippen molar-refractivity contribution in [1.82, 2.24) is 0 Å². The number of nitrogens with zero attached hydrogens (tertiary/aromatic N) is 1. The molecule has 1 amide bonds. The molecule has 1 unspecified atom stereocenters. The zero-order valence-electron chi connectivity index (χ0n) is 24.5. The van der Waals surface area contributed by atoms with Crippen LogP contribution in [0.4, 0.5) is 18.9 Å². The minimum absolute atomic E-state index is 0.0232. The molecule has 2 bridgehead atoms. The number of amides is 1. The zero-order valence-corrected chi connectivity index (χ0v) is 24.5. The molecule has 1 spiro atoms. The van der Waals surface area contributed by atoms with Crippen molar-refractivity contribution < 1.29 is 36.7 Å². The third-order valence-corrected chi connectivity index (χ3v) is 9.97. The number of rotatable bonds is 6. The van der Waals surface area contributed by atoms with Gasteiger partial charge in [0.15, 0.2) is 11.3 Å². The summed E-state index contributed by atoms with van der Waals surface area (Å²) >= 11 is 0. The number of ether oxygens (including phenoxy) is 2. The first-order valence-electron chi connectivity index (χ1n) is 14.9. The maximum atomic E-state index is 14.5. The number of hydrogen-bond donors (Lipinski definition) is 1. The van der Waals surface area contributed by atoms with E-state index in [0.717, 1.165) is 62.2 Å². The number of likely N-dealkylation sites (tertiary alicyclic amines) is 1. The van der Waals surface area contributed by atoms with Crippen molar-refractivity contribution in [1.29, 1.82) is 0 Å². The standard InChI is InChI=1S/C33H37F3N2O4/c1-19(2)18-38(4)16-15-32-23-11-8-12-26(32)42-30-24(14-13-22(27(30)32)17-25(23)38)37-31(40)28(33(34,35)36)29(41-20(3)39)21-9-6-5-7-10-21/h5-7,9-10,13-14,19,23,25-26H,8,11-12,15-18H2,1-4H3/p+1/t23-,25+,26-,32+,38?/m0/s1. The molecular weight excluding hydrogens is 545 g/mol. The molecule has 2 aromatic carbocycles. The zero-order chi connectivity index (χ0) is 30.0. The Morgan fingerprint density at radius 2 is 1.88 bits per heavy atom. The summed E-state index contributed by atoms with van der Waals surface area (Å²) in [5.41, 5.74) is 0.712. The number of piperidine rings is 1. The molecule has 0 aromatic heterocycles. The first-order valence-corrected chi connectivity index (χ1v) is 14.9. The van der Waals surface area contributed by atoms with Crippen molar-refractivity contribution in [3.63, 3.8) is 0 Å². The van der Waals surface area contributed by atoms with E-state index in [9.17, 15) is 22.8 Å². The first-order chi connectivity index (χ1) is 19.8. The Labute approximate surface area is 244 Å². The summed E-state index contributed by atoms with van der Waals surface area (Å²) in [6, 6.07) is 11.5. The number of alkyl halides is 3. The van der Waals surface area contributed by atoms with E-state index in [4.69, 9.17) is 9.47 Å². The minimum atomic E-state index is -5.09. The molecule has 5 atom stereocenters. The molecule has 1 N–H and O–H groups in total. The predicted octanol–water partition coefficient (Wildman–Crippen LogP) is 6.39. The van der Waals surface area contributed by atoms with E-state index in [1.54, 1.807) is 12.1 Å². The molecular formula is C33H38F3N2O4+. The van der Waals surface area contributed by atoms with Crippen molar-refractivity contribution in [2.45, 2.75) is 76.6 Å². The molecule has 1 saturated heterocycles. The van der Waals surface area contributed by atoms with Gasteiger partial charge in [-0.3, -0.25) is 9.59 Å². The van der Waals surface area contributed by atoms with Crippen molar-refractivity contribution in [2.24, 2.45) is 11.8 Å². The number of hydrogen-bond acceptors (Lipinski definition) is 4. The topological polar surface area (TPSA) is 64.6 Å². The average Bonchev–Trinajstić information content (AvgIpc) is 3.25. The van der Waals surface area contributed by atoms with Gasteiger partial charge in [0.05, 0.1) is 37.3 Å². The Balaban J connectivity index is 1.43. The van der Waals surface area contributed by atoms with E-state index in [1.807, 2.05) is 6.07 Å². The Bertz CT molecular complexity index is 1450. The van der Waals surface area contributed by atoms with Gasteiger partial charge < -0.3 is 19.3 Å². The largest absolute Gasteiger partial charge is 0.487 e. The van der Waals surface area contributed by atoms with E-state index in [-0.39, 0.29) is 22.8 Å². The van der Waals surface area contributed by atoms with Gasteiger partial charge in [0.1, 0.15) is 11.9 Å². The number of halogens is 3. The van der Waals surface area contributed by atoms with E-state index in [0.29, 0.717) is 23.6 Å². The molecule has 2 fully saturated rings. The number of nitrogens with one attached hydrogen (secondary N) is 1. The van der Waals surface area contributed by atoms with Gasteiger partial charge in [-0.1, -0.05) is 50.2 Å². The number of quaternary nitrogens is 1. The van der Waals surface area contributed by atoms with E-state index >= 15 is 0 Å². The fourth-order valence-corrected chi connectivity index (χ4v) is 8.68. The van der Waals surface area contributed by atoms with Gasteiger partial charge in [-0.25, -0.2) is 0 Å². The number of anilines is 1. The highest BCUT2D eigenvalue weighted by atomic mass is 19.4. The maximum Gasteiger partial charge on any atom is 0.425 e. The van der Waals surface area contributed by atoms with Gasteiger partial charge >= 0.3 is 12.1 Å². The molecule has 1 saturated carbocycles. The molecule has 4 aliphatic rings. The Morgan fingerprint density at radius 3 is 2.55 bits per heavy atom. The minimum Gasteiger partial charge on any atom is -0.487 e. The van der Waals surface area contributed by atoms with Crippen LogP contribution in [0.5, 0.6) is 5.75 Å². The van der Waals surface area contributed by atoms with Crippen LogP contribution in [0.25, 0.3) is 5.76 Å². The van der Waals surface area contributed by atoms with Crippen LogP contribution in [0, 0.1) is 11.8 Å². The van der Waals surface area contributed by atoms with Gasteiger partial charge in [0.2, 0.25) is 0 Å². The predicted molar refractivity (Wildman–Crippen MR) is 153 cm³/mol. The summed E-state index contributed by atoms with van der Waals surface area (Å²) in [4.78, 5) is 25.3. The summed E-state index contributed by atoms with van der Waals surface area (Å²) in [6.07, 6.45) is -0.264. The summed E-state index contributed by atoms with van der Waals surface area (Å²) in [5, 5.41) is 2.52. The smallest absolute Gasteiger partial charge is 0.425 e. The molecule has 0 radical (unpaired) electrons. The second-order valence-electron chi connectivity index (χ2n) is 13.1. The summed E-state index contributed by atoms with van der Waals surface area (Å²) in [6.45, 7) is 7.69. The van der Waals surface area contributed by atoms with Crippen LogP contribution in [0.2, 0.25) is 0 Å². The molecule has 224 valence electrons. The van der Waals surface area contributed by atoms with E-state index < -0.39 is 29.4 Å². The quantitative estimate of drug-likeness (QED) is 0.185. The number of carbonyl (C=O) groups is 2. The molecule has 6 rings (SSSR count). The highest BCUT2D eigenvalue weighted by Crippen LogP contribution is 2.64. The lowest BCUT2D eigenvalue weighted by atomic mass is 9.51. The highest BCUT2D eigenvalue weighted by Gasteiger charge is 2.67. The van der Waals surface area contributed by atoms with Crippen LogP contribution in [-0.4, -0.2) is 54.8 Å². The second-order valence-corrected chi connectivity index (χ2v) is 13.1. The Morgan fingerprint density at radius 1 is 1.14 bits per heavy atom. The third kappa shape index (κ3) is 4.51. The van der Waals surface area contributed by atoms with Crippen LogP contribution >= 0.6 is 0 Å². The van der Waals surface area contributed by atoms with Gasteiger partial charge in [-0.05, 0) is 30.9 Å². The molecule has 6 nitrogen and oxygen atoms in total. The fraction of sp³-hybridized carbons (Fsp3) is 0.515. The average molecular weight is 584 g/mol. The molecule has 42 heavy (non-hydrogen) atoms. The molecule has 2 aliphatic heterocycles. The second kappa shape index (κ2) is 10.1. The number of esters is 1. The van der Waals surface area contributed by atoms with Crippen LogP contribution in [0.15, 0.2) is 48.0 Å². The maximum absolute atomic E-state index is 14.5. The number of benzene rings is 2. The van der Waals surface area contributed by atoms with Crippen molar-refractivity contribution in [3.05, 3.63) is 64.7 Å². The van der Waals surface area contributed by atoms with E-state index in [1.165, 1.54) is 29.8 Å². The summed E-state index contributed by atoms with van der Waals surface area (Å²) in [5.74, 6) is -1.68. The van der Waals surface area contributed by atoms with Gasteiger partial charge in [-0.2, -0.15) is 13.2 Å². The van der Waals surface area contributed by atoms with Crippen molar-refractivity contribution in [2.75, 3.05) is 25.5 Å². The first kappa shape index (κ1) is 28.8. The van der Waals surface area contributed by atoms with Gasteiger partial charge in [-0.15, -0.1) is 0 Å². The van der Waals surface area contributed by atoms with Gasteiger partial charge in [0.25, 0.3) is 5.91 Å². The lowest BCUT2D eigenvalue weighted by molar-refractivity contribution is -0.947. The number of carbonyl (C=O) groups excluding carboxylic acids is 2. The fourth-order valence-electron chi connectivity index (χ4n) is 8.68. The third-order valence-electron chi connectivity index (χ3n) is 9.97. The Hall–Kier alpha value is -3.33. The normalized spacial score (nSPS) is 29.8. The van der Waals surface area contributed by atoms with E-state index in [2.05, 4.69) is 26.2 Å². The molecule has 2 aliphatic carbocycles.